The van der Waals surface area contributed by atoms with Crippen LogP contribution in [0.3, 0.4) is 0 Å². The van der Waals surface area contributed by atoms with E-state index in [0.29, 0.717) is 5.33 Å². The summed E-state index contributed by atoms with van der Waals surface area (Å²) in [4.78, 5) is 0. The highest BCUT2D eigenvalue weighted by Crippen LogP contribution is 2.51. The first-order valence-electron chi connectivity index (χ1n) is 7.25. The first-order chi connectivity index (χ1) is 10.2. The van der Waals surface area contributed by atoms with Crippen LogP contribution in [0.25, 0.3) is 0 Å². The molecule has 1 aliphatic rings. The summed E-state index contributed by atoms with van der Waals surface area (Å²) < 4.78 is 41.0. The Morgan fingerprint density at radius 2 is 1.59 bits per heavy atom. The fourth-order valence-electron chi connectivity index (χ4n) is 2.81. The number of benzene rings is 1. The molecule has 0 fully saturated rings. The summed E-state index contributed by atoms with van der Waals surface area (Å²) in [7, 11) is 0. The largest absolute Gasteiger partial charge is 0.401 e. The van der Waals surface area contributed by atoms with Crippen LogP contribution in [-0.4, -0.2) is 11.5 Å². The molecule has 0 bridgehead atoms. The van der Waals surface area contributed by atoms with Crippen LogP contribution >= 0.6 is 15.9 Å². The van der Waals surface area contributed by atoms with Crippen LogP contribution in [-0.2, 0) is 0 Å². The van der Waals surface area contributed by atoms with Gasteiger partial charge in [0.2, 0.25) is 0 Å². The second-order valence-electron chi connectivity index (χ2n) is 6.67. The summed E-state index contributed by atoms with van der Waals surface area (Å²) in [6, 6.07) is 9.57. The predicted molar refractivity (Wildman–Crippen MR) is 88.1 cm³/mol. The summed E-state index contributed by atoms with van der Waals surface area (Å²) in [5, 5.41) is 0.529. The molecule has 1 aromatic carbocycles. The normalized spacial score (nSPS) is 25.5. The molecule has 22 heavy (non-hydrogen) atoms. The molecule has 0 nitrogen and oxygen atoms in total. The highest BCUT2D eigenvalue weighted by Gasteiger charge is 2.53. The van der Waals surface area contributed by atoms with E-state index in [1.807, 2.05) is 44.2 Å². The van der Waals surface area contributed by atoms with E-state index in [4.69, 9.17) is 0 Å². The molecule has 0 spiro atoms. The van der Waals surface area contributed by atoms with Crippen LogP contribution in [0.15, 0.2) is 54.6 Å². The fraction of sp³-hybridized carbons (Fsp3) is 0.444. The van der Waals surface area contributed by atoms with Crippen LogP contribution in [0.4, 0.5) is 13.2 Å². The van der Waals surface area contributed by atoms with Gasteiger partial charge in [0.1, 0.15) is 5.41 Å². The average Bonchev–Trinajstić information content (AvgIpc) is 2.47. The van der Waals surface area contributed by atoms with Crippen molar-refractivity contribution in [2.75, 3.05) is 5.33 Å². The molecule has 0 saturated carbocycles. The van der Waals surface area contributed by atoms with Gasteiger partial charge in [-0.05, 0) is 17.4 Å². The van der Waals surface area contributed by atoms with Crippen LogP contribution < -0.4 is 0 Å². The van der Waals surface area contributed by atoms with Gasteiger partial charge in [-0.2, -0.15) is 13.2 Å². The molecule has 0 amide bonds. The average molecular weight is 373 g/mol. The molecule has 0 saturated heterocycles. The van der Waals surface area contributed by atoms with E-state index in [2.05, 4.69) is 15.9 Å². The van der Waals surface area contributed by atoms with Gasteiger partial charge in [-0.15, -0.1) is 0 Å². The maximum Gasteiger partial charge on any atom is 0.401 e. The number of rotatable bonds is 4. The van der Waals surface area contributed by atoms with E-state index in [1.165, 1.54) is 12.2 Å². The Labute approximate surface area is 138 Å². The number of alkyl halides is 4. The van der Waals surface area contributed by atoms with E-state index in [-0.39, 0.29) is 12.3 Å². The number of allylic oxidation sites excluding steroid dienone is 4. The van der Waals surface area contributed by atoms with Crippen LogP contribution in [0.1, 0.15) is 31.7 Å². The van der Waals surface area contributed by atoms with Gasteiger partial charge in [-0.3, -0.25) is 0 Å². The summed E-state index contributed by atoms with van der Waals surface area (Å²) in [5.41, 5.74) is -1.31. The van der Waals surface area contributed by atoms with Crippen molar-refractivity contribution in [2.45, 2.75) is 32.4 Å². The third kappa shape index (κ3) is 3.65. The molecule has 2 rings (SSSR count). The zero-order valence-electron chi connectivity index (χ0n) is 12.7. The topological polar surface area (TPSA) is 0 Å². The zero-order chi connectivity index (χ0) is 16.4. The zero-order valence-corrected chi connectivity index (χ0v) is 14.3. The lowest BCUT2D eigenvalue weighted by Crippen LogP contribution is -2.40. The van der Waals surface area contributed by atoms with Crippen LogP contribution in [0, 0.1) is 10.8 Å². The van der Waals surface area contributed by atoms with E-state index in [1.54, 1.807) is 12.2 Å². The van der Waals surface area contributed by atoms with Gasteiger partial charge < -0.3 is 0 Å². The van der Waals surface area contributed by atoms with Crippen molar-refractivity contribution >= 4 is 15.9 Å². The Bertz CT molecular complexity index is 541. The monoisotopic (exact) mass is 372 g/mol. The lowest BCUT2D eigenvalue weighted by molar-refractivity contribution is -0.197. The predicted octanol–water partition coefficient (Wildman–Crippen LogP) is 6.26. The first-order valence-corrected chi connectivity index (χ1v) is 8.38. The summed E-state index contributed by atoms with van der Waals surface area (Å²) >= 11 is 3.32. The Kier molecular flexibility index (Phi) is 4.90. The Hall–Kier alpha value is -1.03. The third-order valence-corrected chi connectivity index (χ3v) is 5.56. The molecule has 1 aliphatic carbocycles. The Balaban J connectivity index is 2.30. The molecule has 0 unspecified atom stereocenters. The second kappa shape index (κ2) is 6.23. The maximum atomic E-state index is 13.7. The molecule has 0 aromatic heterocycles. The van der Waals surface area contributed by atoms with Gasteiger partial charge >= 0.3 is 6.18 Å². The van der Waals surface area contributed by atoms with Crippen molar-refractivity contribution in [3.05, 3.63) is 60.2 Å². The Morgan fingerprint density at radius 1 is 1.05 bits per heavy atom. The van der Waals surface area contributed by atoms with E-state index < -0.39 is 17.0 Å². The minimum Gasteiger partial charge on any atom is -0.170 e. The van der Waals surface area contributed by atoms with Crippen molar-refractivity contribution in [1.82, 2.24) is 0 Å². The fourth-order valence-corrected chi connectivity index (χ4v) is 3.01. The molecule has 0 radical (unpaired) electrons. The molecule has 0 heterocycles. The molecule has 0 N–H and O–H groups in total. The molecular formula is C18H20BrF3. The second-order valence-corrected chi connectivity index (χ2v) is 7.23. The quantitative estimate of drug-likeness (QED) is 0.432. The van der Waals surface area contributed by atoms with Crippen molar-refractivity contribution in [3.8, 4) is 0 Å². The summed E-state index contributed by atoms with van der Waals surface area (Å²) in [6.07, 6.45) is 1.77. The number of halogens is 4. The van der Waals surface area contributed by atoms with E-state index in [9.17, 15) is 13.2 Å². The molecular weight excluding hydrogens is 353 g/mol. The maximum absolute atomic E-state index is 13.7. The van der Waals surface area contributed by atoms with Gasteiger partial charge in [0.25, 0.3) is 0 Å². The number of hydrogen-bond acceptors (Lipinski definition) is 0. The van der Waals surface area contributed by atoms with Gasteiger partial charge in [0.05, 0.1) is 0 Å². The Morgan fingerprint density at radius 3 is 2.05 bits per heavy atom. The van der Waals surface area contributed by atoms with Gasteiger partial charge in [0, 0.05) is 11.2 Å². The van der Waals surface area contributed by atoms with Gasteiger partial charge in [0.15, 0.2) is 0 Å². The smallest absolute Gasteiger partial charge is 0.170 e. The van der Waals surface area contributed by atoms with Crippen LogP contribution in [0.2, 0.25) is 0 Å². The van der Waals surface area contributed by atoms with Crippen molar-refractivity contribution in [1.29, 1.82) is 0 Å². The standard InChI is InChI=1S/C18H20BrF3/c1-16(2,13-19)12-17(18(20,21)22)10-8-15(9-11-17)14-6-4-3-5-7-14/h3-11,15H,12-13H2,1-2H3. The van der Waals surface area contributed by atoms with E-state index >= 15 is 0 Å². The third-order valence-electron chi connectivity index (χ3n) is 4.05. The lowest BCUT2D eigenvalue weighted by atomic mass is 9.70. The van der Waals surface area contributed by atoms with E-state index in [0.717, 1.165) is 5.56 Å². The van der Waals surface area contributed by atoms with Crippen molar-refractivity contribution in [2.24, 2.45) is 10.8 Å². The molecule has 0 aliphatic heterocycles. The van der Waals surface area contributed by atoms with Crippen molar-refractivity contribution < 1.29 is 13.2 Å². The summed E-state index contributed by atoms with van der Waals surface area (Å²) in [5.74, 6) is -0.0937. The SMILES string of the molecule is CC(C)(CBr)CC1(C(F)(F)F)C=CC(c2ccccc2)C=C1. The minimum atomic E-state index is -4.29. The molecule has 4 heteroatoms. The summed E-state index contributed by atoms with van der Waals surface area (Å²) in [6.45, 7) is 3.69. The minimum absolute atomic E-state index is 0.0310. The van der Waals surface area contributed by atoms with Crippen molar-refractivity contribution in [3.63, 3.8) is 0 Å². The van der Waals surface area contributed by atoms with Gasteiger partial charge in [-0.1, -0.05) is 84.4 Å². The number of hydrogen-bond donors (Lipinski definition) is 0. The molecule has 120 valence electrons. The highest BCUT2D eigenvalue weighted by atomic mass is 79.9. The molecule has 1 aromatic rings. The molecule has 0 atom stereocenters. The lowest BCUT2D eigenvalue weighted by Gasteiger charge is -2.38. The first kappa shape index (κ1) is 17.3. The highest BCUT2D eigenvalue weighted by molar-refractivity contribution is 9.09. The van der Waals surface area contributed by atoms with Gasteiger partial charge in [-0.25, -0.2) is 0 Å². The van der Waals surface area contributed by atoms with Crippen LogP contribution in [0.5, 0.6) is 0 Å².